The molecule has 0 unspecified atom stereocenters. The second-order valence-corrected chi connectivity index (χ2v) is 7.88. The van der Waals surface area contributed by atoms with E-state index in [-0.39, 0.29) is 6.03 Å². The molecule has 1 N–H and O–H groups in total. The van der Waals surface area contributed by atoms with Crippen molar-refractivity contribution in [2.24, 2.45) is 0 Å². The van der Waals surface area contributed by atoms with Gasteiger partial charge in [-0.3, -0.25) is 4.90 Å². The fourth-order valence-electron chi connectivity index (χ4n) is 3.88. The molecule has 1 heterocycles. The van der Waals surface area contributed by atoms with Crippen molar-refractivity contribution < 1.29 is 4.79 Å². The number of carbonyl (C=O) groups excluding carboxylic acids is 1. The molecular formula is C19H27Cl2N3O. The summed E-state index contributed by atoms with van der Waals surface area (Å²) in [6.45, 7) is 4.24. The fraction of sp³-hybridized carbons (Fsp3) is 0.632. The van der Waals surface area contributed by atoms with Crippen molar-refractivity contribution in [2.75, 3.05) is 32.7 Å². The quantitative estimate of drug-likeness (QED) is 0.845. The third-order valence-corrected chi connectivity index (χ3v) is 5.97. The average molecular weight is 384 g/mol. The van der Waals surface area contributed by atoms with Gasteiger partial charge in [-0.2, -0.15) is 0 Å². The number of amides is 2. The zero-order valence-electron chi connectivity index (χ0n) is 14.6. The largest absolute Gasteiger partial charge is 0.338 e. The smallest absolute Gasteiger partial charge is 0.317 e. The van der Waals surface area contributed by atoms with Gasteiger partial charge in [0, 0.05) is 48.8 Å². The Morgan fingerprint density at radius 3 is 2.48 bits per heavy atom. The lowest BCUT2D eigenvalue weighted by atomic mass is 9.94. The molecule has 0 spiro atoms. The molecule has 1 aliphatic heterocycles. The van der Waals surface area contributed by atoms with Crippen LogP contribution in [-0.2, 0) is 6.42 Å². The first-order valence-corrected chi connectivity index (χ1v) is 10.1. The molecule has 1 aromatic carbocycles. The lowest BCUT2D eigenvalue weighted by molar-refractivity contribution is 0.0907. The molecule has 2 amide bonds. The molecule has 0 radical (unpaired) electrons. The predicted molar refractivity (Wildman–Crippen MR) is 104 cm³/mol. The molecule has 1 aromatic rings. The molecule has 2 aliphatic rings. The van der Waals surface area contributed by atoms with Gasteiger partial charge in [-0.1, -0.05) is 48.5 Å². The van der Waals surface area contributed by atoms with Gasteiger partial charge in [0.2, 0.25) is 0 Å². The van der Waals surface area contributed by atoms with E-state index in [1.165, 1.54) is 32.1 Å². The Balaban J connectivity index is 1.39. The minimum Gasteiger partial charge on any atom is -0.338 e. The van der Waals surface area contributed by atoms with Crippen molar-refractivity contribution in [3.8, 4) is 0 Å². The van der Waals surface area contributed by atoms with Gasteiger partial charge in [0.1, 0.15) is 0 Å². The summed E-state index contributed by atoms with van der Waals surface area (Å²) in [4.78, 5) is 16.9. The minimum absolute atomic E-state index is 0.0355. The van der Waals surface area contributed by atoms with Gasteiger partial charge in [0.25, 0.3) is 0 Å². The number of halogens is 2. The first-order chi connectivity index (χ1) is 12.1. The summed E-state index contributed by atoms with van der Waals surface area (Å²) in [7, 11) is 0. The number of urea groups is 1. The first kappa shape index (κ1) is 18.8. The monoisotopic (exact) mass is 383 g/mol. The third-order valence-electron chi connectivity index (χ3n) is 5.38. The van der Waals surface area contributed by atoms with Gasteiger partial charge < -0.3 is 10.2 Å². The molecular weight excluding hydrogens is 357 g/mol. The summed E-state index contributed by atoms with van der Waals surface area (Å²) >= 11 is 12.1. The van der Waals surface area contributed by atoms with Gasteiger partial charge in [0.15, 0.2) is 0 Å². The number of rotatable bonds is 4. The molecule has 4 nitrogen and oxygen atoms in total. The van der Waals surface area contributed by atoms with E-state index in [0.717, 1.165) is 37.8 Å². The maximum absolute atomic E-state index is 12.4. The Kier molecular flexibility index (Phi) is 6.85. The molecule has 2 fully saturated rings. The summed E-state index contributed by atoms with van der Waals surface area (Å²) in [6.07, 6.45) is 7.47. The van der Waals surface area contributed by atoms with E-state index in [9.17, 15) is 4.79 Å². The van der Waals surface area contributed by atoms with Crippen LogP contribution in [0.5, 0.6) is 0 Å². The zero-order valence-corrected chi connectivity index (χ0v) is 16.2. The summed E-state index contributed by atoms with van der Waals surface area (Å²) in [5, 5.41) is 4.30. The number of carbonyl (C=O) groups is 1. The van der Waals surface area contributed by atoms with Crippen LogP contribution in [0.2, 0.25) is 10.0 Å². The van der Waals surface area contributed by atoms with Crippen LogP contribution in [0.3, 0.4) is 0 Å². The number of nitrogens with one attached hydrogen (secondary N) is 1. The van der Waals surface area contributed by atoms with Gasteiger partial charge in [-0.15, -0.1) is 0 Å². The van der Waals surface area contributed by atoms with Gasteiger partial charge in [-0.25, -0.2) is 4.79 Å². The number of benzene rings is 1. The van der Waals surface area contributed by atoms with E-state index in [4.69, 9.17) is 23.2 Å². The van der Waals surface area contributed by atoms with E-state index in [1.807, 2.05) is 17.0 Å². The van der Waals surface area contributed by atoms with Crippen LogP contribution in [0, 0.1) is 0 Å². The molecule has 0 atom stereocenters. The summed E-state index contributed by atoms with van der Waals surface area (Å²) in [5.41, 5.74) is 1.01. The van der Waals surface area contributed by atoms with Crippen molar-refractivity contribution in [3.63, 3.8) is 0 Å². The second-order valence-electron chi connectivity index (χ2n) is 7.03. The van der Waals surface area contributed by atoms with Crippen molar-refractivity contribution in [1.82, 2.24) is 15.1 Å². The minimum atomic E-state index is 0.0355. The molecule has 3 rings (SSSR count). The molecule has 0 aromatic heterocycles. The molecule has 0 bridgehead atoms. The Bertz CT molecular complexity index is 582. The van der Waals surface area contributed by atoms with Crippen molar-refractivity contribution >= 4 is 29.2 Å². The molecule has 1 saturated carbocycles. The van der Waals surface area contributed by atoms with Crippen LogP contribution in [-0.4, -0.2) is 54.6 Å². The van der Waals surface area contributed by atoms with Crippen LogP contribution in [0.4, 0.5) is 4.79 Å². The normalized spacial score (nSPS) is 19.8. The highest BCUT2D eigenvalue weighted by Crippen LogP contribution is 2.23. The summed E-state index contributed by atoms with van der Waals surface area (Å²) < 4.78 is 0. The highest BCUT2D eigenvalue weighted by molar-refractivity contribution is 6.35. The first-order valence-electron chi connectivity index (χ1n) is 9.34. The van der Waals surface area contributed by atoms with E-state index in [0.29, 0.717) is 23.0 Å². The summed E-state index contributed by atoms with van der Waals surface area (Å²) in [5.74, 6) is 0. The third kappa shape index (κ3) is 5.25. The molecule has 6 heteroatoms. The standard InChI is InChI=1S/C19H27Cl2N3O/c20-16-7-6-15(18(21)14-16)8-9-22-19(25)24-12-10-23(11-13-24)17-4-2-1-3-5-17/h6-7,14,17H,1-5,8-13H2,(H,22,25). The van der Waals surface area contributed by atoms with Gasteiger partial charge in [-0.05, 0) is 37.0 Å². The number of hydrogen-bond donors (Lipinski definition) is 1. The van der Waals surface area contributed by atoms with Gasteiger partial charge in [0.05, 0.1) is 0 Å². The molecule has 1 saturated heterocycles. The van der Waals surface area contributed by atoms with Crippen LogP contribution in [0.1, 0.15) is 37.7 Å². The van der Waals surface area contributed by atoms with Crippen molar-refractivity contribution in [2.45, 2.75) is 44.6 Å². The maximum atomic E-state index is 12.4. The Morgan fingerprint density at radius 1 is 1.08 bits per heavy atom. The van der Waals surface area contributed by atoms with Crippen molar-refractivity contribution in [1.29, 1.82) is 0 Å². The molecule has 25 heavy (non-hydrogen) atoms. The second kappa shape index (κ2) is 9.11. The highest BCUT2D eigenvalue weighted by atomic mass is 35.5. The van der Waals surface area contributed by atoms with E-state index >= 15 is 0 Å². The topological polar surface area (TPSA) is 35.6 Å². The SMILES string of the molecule is O=C(NCCc1ccc(Cl)cc1Cl)N1CCN(C2CCCCC2)CC1. The van der Waals surface area contributed by atoms with Crippen LogP contribution in [0.15, 0.2) is 18.2 Å². The Morgan fingerprint density at radius 2 is 1.80 bits per heavy atom. The number of nitrogens with zero attached hydrogens (tertiary/aromatic N) is 2. The fourth-order valence-corrected chi connectivity index (χ4v) is 4.38. The van der Waals surface area contributed by atoms with Crippen LogP contribution in [0.25, 0.3) is 0 Å². The molecule has 1 aliphatic carbocycles. The van der Waals surface area contributed by atoms with Gasteiger partial charge >= 0.3 is 6.03 Å². The maximum Gasteiger partial charge on any atom is 0.317 e. The van der Waals surface area contributed by atoms with E-state index in [1.54, 1.807) is 6.07 Å². The highest BCUT2D eigenvalue weighted by Gasteiger charge is 2.26. The summed E-state index contributed by atoms with van der Waals surface area (Å²) in [6, 6.07) is 6.26. The number of piperazine rings is 1. The Labute approximate surface area is 160 Å². The lowest BCUT2D eigenvalue weighted by Gasteiger charge is -2.40. The van der Waals surface area contributed by atoms with E-state index in [2.05, 4.69) is 10.2 Å². The number of hydrogen-bond acceptors (Lipinski definition) is 2. The van der Waals surface area contributed by atoms with Crippen LogP contribution >= 0.6 is 23.2 Å². The predicted octanol–water partition coefficient (Wildman–Crippen LogP) is 4.20. The van der Waals surface area contributed by atoms with E-state index < -0.39 is 0 Å². The van der Waals surface area contributed by atoms with Crippen LogP contribution < -0.4 is 5.32 Å². The zero-order chi connectivity index (χ0) is 17.6. The molecule has 138 valence electrons. The lowest BCUT2D eigenvalue weighted by Crippen LogP contribution is -2.54. The van der Waals surface area contributed by atoms with Crippen molar-refractivity contribution in [3.05, 3.63) is 33.8 Å². The average Bonchev–Trinajstić information content (AvgIpc) is 2.64. The Hall–Kier alpha value is -0.970.